The minimum absolute atomic E-state index is 0.107. The third kappa shape index (κ3) is 5.15. The van der Waals surface area contributed by atoms with Crippen molar-refractivity contribution in [2.45, 2.75) is 52.4 Å². The van der Waals surface area contributed by atoms with Gasteiger partial charge in [-0.3, -0.25) is 4.79 Å². The Bertz CT molecular complexity index is 493. The average molecular weight is 319 g/mol. The number of ether oxygens (including phenoxy) is 2. The molecular weight excluding hydrogens is 290 g/mol. The van der Waals surface area contributed by atoms with Gasteiger partial charge in [0.15, 0.2) is 11.5 Å². The van der Waals surface area contributed by atoms with Crippen LogP contribution in [0.25, 0.3) is 0 Å². The maximum atomic E-state index is 12.7. The molecule has 1 amide bonds. The summed E-state index contributed by atoms with van der Waals surface area (Å²) in [5.74, 6) is 1.52. The molecule has 23 heavy (non-hydrogen) atoms. The second-order valence-corrected chi connectivity index (χ2v) is 6.06. The molecule has 2 rings (SSSR count). The lowest BCUT2D eigenvalue weighted by Crippen LogP contribution is -2.31. The lowest BCUT2D eigenvalue weighted by atomic mass is 10.1. The number of amides is 1. The molecule has 0 radical (unpaired) electrons. The van der Waals surface area contributed by atoms with E-state index in [4.69, 9.17) is 9.47 Å². The normalized spacial score (nSPS) is 15.1. The molecule has 0 N–H and O–H groups in total. The zero-order valence-corrected chi connectivity index (χ0v) is 14.5. The largest absolute Gasteiger partial charge is 0.490 e. The molecule has 1 aliphatic heterocycles. The minimum Gasteiger partial charge on any atom is -0.490 e. The van der Waals surface area contributed by atoms with Gasteiger partial charge in [-0.05, 0) is 43.9 Å². The van der Waals surface area contributed by atoms with Gasteiger partial charge < -0.3 is 14.4 Å². The summed E-state index contributed by atoms with van der Waals surface area (Å²) in [6, 6.07) is 5.57. The zero-order chi connectivity index (χ0) is 16.5. The van der Waals surface area contributed by atoms with Crippen LogP contribution in [-0.2, 0) is 0 Å². The Balaban J connectivity index is 2.15. The fraction of sp³-hybridized carbons (Fsp3) is 0.632. The van der Waals surface area contributed by atoms with Crippen molar-refractivity contribution in [1.29, 1.82) is 0 Å². The van der Waals surface area contributed by atoms with Crippen LogP contribution in [0.4, 0.5) is 0 Å². The molecule has 1 aromatic carbocycles. The first-order valence-corrected chi connectivity index (χ1v) is 8.95. The summed E-state index contributed by atoms with van der Waals surface area (Å²) in [5, 5.41) is 0. The van der Waals surface area contributed by atoms with Gasteiger partial charge >= 0.3 is 0 Å². The Morgan fingerprint density at radius 2 is 1.57 bits per heavy atom. The van der Waals surface area contributed by atoms with Crippen LogP contribution in [0.1, 0.15) is 62.7 Å². The number of nitrogens with zero attached hydrogens (tertiary/aromatic N) is 1. The molecule has 0 unspecified atom stereocenters. The van der Waals surface area contributed by atoms with Gasteiger partial charge in [-0.2, -0.15) is 0 Å². The van der Waals surface area contributed by atoms with Crippen molar-refractivity contribution < 1.29 is 14.3 Å². The molecule has 0 atom stereocenters. The predicted molar refractivity (Wildman–Crippen MR) is 92.4 cm³/mol. The second kappa shape index (κ2) is 9.43. The standard InChI is InChI=1S/C19H29NO3/c1-3-13-22-17-10-9-16(15-18(17)23-14-4-2)19(21)20-11-7-5-6-8-12-20/h9-10,15H,3-8,11-14H2,1-2H3. The van der Waals surface area contributed by atoms with Crippen LogP contribution in [0.3, 0.4) is 0 Å². The van der Waals surface area contributed by atoms with Crippen LogP contribution in [-0.4, -0.2) is 37.1 Å². The molecule has 1 heterocycles. The van der Waals surface area contributed by atoms with Crippen molar-refractivity contribution in [3.63, 3.8) is 0 Å². The van der Waals surface area contributed by atoms with Crippen molar-refractivity contribution >= 4 is 5.91 Å². The van der Waals surface area contributed by atoms with Crippen LogP contribution in [0, 0.1) is 0 Å². The van der Waals surface area contributed by atoms with E-state index in [0.29, 0.717) is 24.5 Å². The third-order valence-corrected chi connectivity index (χ3v) is 4.01. The van der Waals surface area contributed by atoms with Crippen molar-refractivity contribution in [2.75, 3.05) is 26.3 Å². The highest BCUT2D eigenvalue weighted by Gasteiger charge is 2.19. The molecule has 1 saturated heterocycles. The van der Waals surface area contributed by atoms with E-state index >= 15 is 0 Å². The van der Waals surface area contributed by atoms with Crippen LogP contribution >= 0.6 is 0 Å². The highest BCUT2D eigenvalue weighted by atomic mass is 16.5. The van der Waals surface area contributed by atoms with Gasteiger partial charge in [0.05, 0.1) is 13.2 Å². The van der Waals surface area contributed by atoms with Crippen molar-refractivity contribution in [2.24, 2.45) is 0 Å². The van der Waals surface area contributed by atoms with E-state index in [-0.39, 0.29) is 5.91 Å². The highest BCUT2D eigenvalue weighted by Crippen LogP contribution is 2.29. The molecule has 1 aliphatic rings. The quantitative estimate of drug-likeness (QED) is 0.753. The van der Waals surface area contributed by atoms with Crippen molar-refractivity contribution in [3.8, 4) is 11.5 Å². The summed E-state index contributed by atoms with van der Waals surface area (Å²) in [4.78, 5) is 14.7. The SMILES string of the molecule is CCCOc1ccc(C(=O)N2CCCCCC2)cc1OCCC. The Kier molecular flexibility index (Phi) is 7.24. The number of carbonyl (C=O) groups excluding carboxylic acids is 1. The first-order chi connectivity index (χ1) is 11.3. The minimum atomic E-state index is 0.107. The first-order valence-electron chi connectivity index (χ1n) is 8.95. The Morgan fingerprint density at radius 3 is 2.17 bits per heavy atom. The maximum Gasteiger partial charge on any atom is 0.253 e. The lowest BCUT2D eigenvalue weighted by molar-refractivity contribution is 0.0761. The number of benzene rings is 1. The summed E-state index contributed by atoms with van der Waals surface area (Å²) in [6.07, 6.45) is 6.52. The maximum absolute atomic E-state index is 12.7. The van der Waals surface area contributed by atoms with Gasteiger partial charge in [0.1, 0.15) is 0 Å². The Morgan fingerprint density at radius 1 is 0.957 bits per heavy atom. The topological polar surface area (TPSA) is 38.8 Å². The second-order valence-electron chi connectivity index (χ2n) is 6.06. The van der Waals surface area contributed by atoms with Gasteiger partial charge in [-0.1, -0.05) is 26.7 Å². The van der Waals surface area contributed by atoms with Gasteiger partial charge in [-0.15, -0.1) is 0 Å². The van der Waals surface area contributed by atoms with Crippen LogP contribution in [0.5, 0.6) is 11.5 Å². The summed E-state index contributed by atoms with van der Waals surface area (Å²) in [6.45, 7) is 7.14. The Hall–Kier alpha value is -1.71. The van der Waals surface area contributed by atoms with Gasteiger partial charge in [0.2, 0.25) is 0 Å². The number of hydrogen-bond donors (Lipinski definition) is 0. The molecule has 128 valence electrons. The van der Waals surface area contributed by atoms with Crippen LogP contribution < -0.4 is 9.47 Å². The molecule has 0 aliphatic carbocycles. The molecule has 1 aromatic rings. The van der Waals surface area contributed by atoms with E-state index in [1.54, 1.807) is 0 Å². The van der Waals surface area contributed by atoms with Gasteiger partial charge in [-0.25, -0.2) is 0 Å². The number of rotatable bonds is 7. The number of carbonyl (C=O) groups is 1. The van der Waals surface area contributed by atoms with E-state index < -0.39 is 0 Å². The number of likely N-dealkylation sites (tertiary alicyclic amines) is 1. The summed E-state index contributed by atoms with van der Waals surface area (Å²) >= 11 is 0. The molecule has 0 saturated carbocycles. The van der Waals surface area contributed by atoms with Gasteiger partial charge in [0, 0.05) is 18.7 Å². The van der Waals surface area contributed by atoms with Crippen LogP contribution in [0.15, 0.2) is 18.2 Å². The van der Waals surface area contributed by atoms with Crippen molar-refractivity contribution in [1.82, 2.24) is 4.90 Å². The zero-order valence-electron chi connectivity index (χ0n) is 14.5. The summed E-state index contributed by atoms with van der Waals surface area (Å²) in [5.41, 5.74) is 0.696. The third-order valence-electron chi connectivity index (χ3n) is 4.01. The monoisotopic (exact) mass is 319 g/mol. The fourth-order valence-electron chi connectivity index (χ4n) is 2.75. The molecule has 4 heteroatoms. The van der Waals surface area contributed by atoms with Gasteiger partial charge in [0.25, 0.3) is 5.91 Å². The molecule has 0 spiro atoms. The lowest BCUT2D eigenvalue weighted by Gasteiger charge is -2.21. The van der Waals surface area contributed by atoms with E-state index in [1.165, 1.54) is 12.8 Å². The fourth-order valence-corrected chi connectivity index (χ4v) is 2.75. The summed E-state index contributed by atoms with van der Waals surface area (Å²) in [7, 11) is 0. The average Bonchev–Trinajstić information content (AvgIpc) is 2.87. The van der Waals surface area contributed by atoms with E-state index in [1.807, 2.05) is 23.1 Å². The molecule has 0 bridgehead atoms. The van der Waals surface area contributed by atoms with Crippen LogP contribution in [0.2, 0.25) is 0 Å². The molecule has 1 fully saturated rings. The molecule has 4 nitrogen and oxygen atoms in total. The first kappa shape index (κ1) is 17.6. The molecular formula is C19H29NO3. The predicted octanol–water partition coefficient (Wildman–Crippen LogP) is 4.28. The van der Waals surface area contributed by atoms with E-state index in [0.717, 1.165) is 44.5 Å². The van der Waals surface area contributed by atoms with E-state index in [9.17, 15) is 4.79 Å². The number of hydrogen-bond acceptors (Lipinski definition) is 3. The Labute approximate surface area is 139 Å². The molecule has 0 aromatic heterocycles. The van der Waals surface area contributed by atoms with Crippen molar-refractivity contribution in [3.05, 3.63) is 23.8 Å². The smallest absolute Gasteiger partial charge is 0.253 e. The summed E-state index contributed by atoms with van der Waals surface area (Å²) < 4.78 is 11.5. The van der Waals surface area contributed by atoms with E-state index in [2.05, 4.69) is 13.8 Å². The highest BCUT2D eigenvalue weighted by molar-refractivity contribution is 5.95.